The van der Waals surface area contributed by atoms with Gasteiger partial charge in [0.1, 0.15) is 5.82 Å². The molecule has 4 nitrogen and oxygen atoms in total. The monoisotopic (exact) mass is 257 g/mol. The Labute approximate surface area is 113 Å². The van der Waals surface area contributed by atoms with Crippen LogP contribution in [0, 0.1) is 0 Å². The second-order valence-electron chi connectivity index (χ2n) is 4.34. The fraction of sp³-hybridized carbons (Fsp3) is 0.333. The summed E-state index contributed by atoms with van der Waals surface area (Å²) in [6, 6.07) is 12.1. The Bertz CT molecular complexity index is 525. The first kappa shape index (κ1) is 13.5. The molecular weight excluding hydrogens is 238 g/mol. The Balaban J connectivity index is 2.26. The fourth-order valence-electron chi connectivity index (χ4n) is 1.85. The summed E-state index contributed by atoms with van der Waals surface area (Å²) in [7, 11) is 1.71. The molecule has 0 spiro atoms. The van der Waals surface area contributed by atoms with Crippen LogP contribution >= 0.6 is 0 Å². The van der Waals surface area contributed by atoms with E-state index < -0.39 is 0 Å². The van der Waals surface area contributed by atoms with Gasteiger partial charge in [0.25, 0.3) is 0 Å². The third kappa shape index (κ3) is 3.29. The first-order valence-corrected chi connectivity index (χ1v) is 6.45. The molecular formula is C15H19N3O. The SMILES string of the molecule is CCNc1ccc(-c2cccc(C(C)OC)c2)nn1. The van der Waals surface area contributed by atoms with Crippen LogP contribution in [0.5, 0.6) is 0 Å². The van der Waals surface area contributed by atoms with Crippen LogP contribution in [0.25, 0.3) is 11.3 Å². The minimum atomic E-state index is 0.0777. The molecule has 1 aromatic heterocycles. The van der Waals surface area contributed by atoms with Crippen LogP contribution < -0.4 is 5.32 Å². The maximum absolute atomic E-state index is 5.33. The van der Waals surface area contributed by atoms with Gasteiger partial charge in [-0.1, -0.05) is 18.2 Å². The Kier molecular flexibility index (Phi) is 4.47. The Hall–Kier alpha value is -1.94. The lowest BCUT2D eigenvalue weighted by atomic mass is 10.0. The molecule has 100 valence electrons. The first-order chi connectivity index (χ1) is 9.24. The van der Waals surface area contributed by atoms with E-state index in [4.69, 9.17) is 4.74 Å². The molecule has 0 saturated heterocycles. The van der Waals surface area contributed by atoms with Crippen LogP contribution in [0.2, 0.25) is 0 Å². The van der Waals surface area contributed by atoms with E-state index in [0.717, 1.165) is 29.2 Å². The molecule has 1 heterocycles. The van der Waals surface area contributed by atoms with E-state index in [9.17, 15) is 0 Å². The topological polar surface area (TPSA) is 47.0 Å². The number of hydrogen-bond donors (Lipinski definition) is 1. The highest BCUT2D eigenvalue weighted by Gasteiger charge is 2.06. The molecule has 1 unspecified atom stereocenters. The van der Waals surface area contributed by atoms with Crippen molar-refractivity contribution in [3.8, 4) is 11.3 Å². The van der Waals surface area contributed by atoms with Crippen molar-refractivity contribution in [2.45, 2.75) is 20.0 Å². The lowest BCUT2D eigenvalue weighted by Crippen LogP contribution is -2.01. The van der Waals surface area contributed by atoms with E-state index >= 15 is 0 Å². The maximum atomic E-state index is 5.33. The molecule has 0 amide bonds. The number of benzene rings is 1. The summed E-state index contributed by atoms with van der Waals surface area (Å²) in [6.07, 6.45) is 0.0777. The molecule has 0 aliphatic carbocycles. The predicted molar refractivity (Wildman–Crippen MR) is 77.1 cm³/mol. The summed E-state index contributed by atoms with van der Waals surface area (Å²) in [5, 5.41) is 11.5. The highest BCUT2D eigenvalue weighted by Crippen LogP contribution is 2.23. The van der Waals surface area contributed by atoms with Gasteiger partial charge in [0.2, 0.25) is 0 Å². The van der Waals surface area contributed by atoms with Crippen molar-refractivity contribution in [2.75, 3.05) is 19.0 Å². The maximum Gasteiger partial charge on any atom is 0.148 e. The average molecular weight is 257 g/mol. The molecule has 4 heteroatoms. The van der Waals surface area contributed by atoms with Crippen molar-refractivity contribution >= 4 is 5.82 Å². The van der Waals surface area contributed by atoms with Crippen molar-refractivity contribution in [1.82, 2.24) is 10.2 Å². The van der Waals surface area contributed by atoms with Crippen LogP contribution in [-0.2, 0) is 4.74 Å². The van der Waals surface area contributed by atoms with Crippen LogP contribution in [0.15, 0.2) is 36.4 Å². The minimum absolute atomic E-state index is 0.0777. The van der Waals surface area contributed by atoms with E-state index in [1.54, 1.807) is 7.11 Å². The summed E-state index contributed by atoms with van der Waals surface area (Å²) < 4.78 is 5.33. The molecule has 0 saturated carbocycles. The normalized spacial score (nSPS) is 12.2. The number of aromatic nitrogens is 2. The Morgan fingerprint density at radius 1 is 1.21 bits per heavy atom. The summed E-state index contributed by atoms with van der Waals surface area (Å²) >= 11 is 0. The number of methoxy groups -OCH3 is 1. The number of nitrogens with zero attached hydrogens (tertiary/aromatic N) is 2. The zero-order valence-electron chi connectivity index (χ0n) is 11.6. The third-order valence-corrected chi connectivity index (χ3v) is 3.03. The molecule has 0 radical (unpaired) electrons. The van der Waals surface area contributed by atoms with E-state index in [1.807, 2.05) is 38.1 Å². The number of nitrogens with one attached hydrogen (secondary N) is 1. The van der Waals surface area contributed by atoms with Crippen molar-refractivity contribution in [3.63, 3.8) is 0 Å². The highest BCUT2D eigenvalue weighted by atomic mass is 16.5. The van der Waals surface area contributed by atoms with Crippen LogP contribution in [-0.4, -0.2) is 23.9 Å². The van der Waals surface area contributed by atoms with Gasteiger partial charge in [-0.15, -0.1) is 10.2 Å². The van der Waals surface area contributed by atoms with Gasteiger partial charge < -0.3 is 10.1 Å². The smallest absolute Gasteiger partial charge is 0.148 e. The van der Waals surface area contributed by atoms with E-state index in [1.165, 1.54) is 0 Å². The minimum Gasteiger partial charge on any atom is -0.377 e. The van der Waals surface area contributed by atoms with Gasteiger partial charge in [-0.3, -0.25) is 0 Å². The Morgan fingerprint density at radius 2 is 2.05 bits per heavy atom. The molecule has 2 rings (SSSR count). The summed E-state index contributed by atoms with van der Waals surface area (Å²) in [6.45, 7) is 4.90. The largest absolute Gasteiger partial charge is 0.377 e. The lowest BCUT2D eigenvalue weighted by Gasteiger charge is -2.11. The number of anilines is 1. The predicted octanol–water partition coefficient (Wildman–Crippen LogP) is 3.28. The fourth-order valence-corrected chi connectivity index (χ4v) is 1.85. The second-order valence-corrected chi connectivity index (χ2v) is 4.34. The zero-order chi connectivity index (χ0) is 13.7. The Morgan fingerprint density at radius 3 is 2.68 bits per heavy atom. The molecule has 19 heavy (non-hydrogen) atoms. The van der Waals surface area contributed by atoms with E-state index in [-0.39, 0.29) is 6.10 Å². The van der Waals surface area contributed by atoms with Gasteiger partial charge >= 0.3 is 0 Å². The van der Waals surface area contributed by atoms with Gasteiger partial charge in [-0.2, -0.15) is 0 Å². The van der Waals surface area contributed by atoms with Gasteiger partial charge in [0.15, 0.2) is 0 Å². The molecule has 0 fully saturated rings. The van der Waals surface area contributed by atoms with Crippen LogP contribution in [0.1, 0.15) is 25.5 Å². The van der Waals surface area contributed by atoms with Crippen molar-refractivity contribution < 1.29 is 4.74 Å². The summed E-state index contributed by atoms with van der Waals surface area (Å²) in [5.41, 5.74) is 3.06. The average Bonchev–Trinajstić information content (AvgIpc) is 2.48. The molecule has 1 atom stereocenters. The quantitative estimate of drug-likeness (QED) is 0.893. The van der Waals surface area contributed by atoms with Crippen molar-refractivity contribution in [2.24, 2.45) is 0 Å². The molecule has 0 bridgehead atoms. The second kappa shape index (κ2) is 6.29. The summed E-state index contributed by atoms with van der Waals surface area (Å²) in [4.78, 5) is 0. The van der Waals surface area contributed by atoms with Gasteiger partial charge in [-0.05, 0) is 37.6 Å². The van der Waals surface area contributed by atoms with Crippen molar-refractivity contribution in [1.29, 1.82) is 0 Å². The number of hydrogen-bond acceptors (Lipinski definition) is 4. The van der Waals surface area contributed by atoms with Gasteiger partial charge in [0.05, 0.1) is 11.8 Å². The molecule has 0 aliphatic heterocycles. The third-order valence-electron chi connectivity index (χ3n) is 3.03. The number of rotatable bonds is 5. The van der Waals surface area contributed by atoms with Crippen molar-refractivity contribution in [3.05, 3.63) is 42.0 Å². The lowest BCUT2D eigenvalue weighted by molar-refractivity contribution is 0.119. The zero-order valence-corrected chi connectivity index (χ0v) is 11.6. The van der Waals surface area contributed by atoms with E-state index in [0.29, 0.717) is 0 Å². The summed E-state index contributed by atoms with van der Waals surface area (Å²) in [5.74, 6) is 0.799. The van der Waals surface area contributed by atoms with E-state index in [2.05, 4.69) is 27.6 Å². The standard InChI is InChI=1S/C15H19N3O/c1-4-16-15-9-8-14(17-18-15)13-7-5-6-12(10-13)11(2)19-3/h5-11H,4H2,1-3H3,(H,16,18). The molecule has 1 aromatic carbocycles. The first-order valence-electron chi connectivity index (χ1n) is 6.45. The molecule has 0 aliphatic rings. The highest BCUT2D eigenvalue weighted by molar-refractivity contribution is 5.60. The molecule has 1 N–H and O–H groups in total. The van der Waals surface area contributed by atoms with Gasteiger partial charge in [0, 0.05) is 19.2 Å². The van der Waals surface area contributed by atoms with Crippen LogP contribution in [0.3, 0.4) is 0 Å². The molecule has 2 aromatic rings. The van der Waals surface area contributed by atoms with Gasteiger partial charge in [-0.25, -0.2) is 0 Å². The number of ether oxygens (including phenoxy) is 1. The van der Waals surface area contributed by atoms with Crippen LogP contribution in [0.4, 0.5) is 5.82 Å².